The number of fused-ring (bicyclic) bond motifs is 1. The van der Waals surface area contributed by atoms with E-state index in [-0.39, 0.29) is 17.7 Å². The molecular weight excluding hydrogens is 350 g/mol. The summed E-state index contributed by atoms with van der Waals surface area (Å²) in [7, 11) is 0. The fourth-order valence-electron chi connectivity index (χ4n) is 3.10. The van der Waals surface area contributed by atoms with Crippen molar-refractivity contribution in [3.05, 3.63) is 57.3 Å². The molecule has 0 radical (unpaired) electrons. The van der Waals surface area contributed by atoms with Crippen molar-refractivity contribution < 1.29 is 19.1 Å². The SMILES string of the molecule is CC(=O)c1ccc(C(=O)O[C@H](C)C(=O)N[C@H]2CCCc3ccccc32)s1. The van der Waals surface area contributed by atoms with Gasteiger partial charge in [0.15, 0.2) is 11.9 Å². The van der Waals surface area contributed by atoms with Crippen molar-refractivity contribution in [3.8, 4) is 0 Å². The molecule has 0 saturated heterocycles. The minimum absolute atomic E-state index is 0.0559. The minimum Gasteiger partial charge on any atom is -0.448 e. The Hall–Kier alpha value is -2.47. The van der Waals surface area contributed by atoms with E-state index >= 15 is 0 Å². The summed E-state index contributed by atoms with van der Waals surface area (Å²) >= 11 is 1.07. The lowest BCUT2D eigenvalue weighted by Crippen LogP contribution is -2.39. The number of thiophene rings is 1. The average molecular weight is 371 g/mol. The molecule has 6 heteroatoms. The van der Waals surface area contributed by atoms with Gasteiger partial charge in [0.1, 0.15) is 4.88 Å². The standard InChI is InChI=1S/C20H21NO4S/c1-12(22)17-10-11-18(26-17)20(24)25-13(2)19(23)21-16-9-5-7-14-6-3-4-8-15(14)16/h3-4,6,8,10-11,13,16H,5,7,9H2,1-2H3,(H,21,23)/t13-,16+/m1/s1. The molecule has 1 aromatic carbocycles. The van der Waals surface area contributed by atoms with Crippen LogP contribution in [-0.2, 0) is 16.0 Å². The van der Waals surface area contributed by atoms with Crippen molar-refractivity contribution >= 4 is 29.0 Å². The van der Waals surface area contributed by atoms with Crippen LogP contribution >= 0.6 is 11.3 Å². The smallest absolute Gasteiger partial charge is 0.349 e. The molecule has 1 N–H and O–H groups in total. The van der Waals surface area contributed by atoms with Crippen molar-refractivity contribution in [2.45, 2.75) is 45.3 Å². The molecule has 0 unspecified atom stereocenters. The van der Waals surface area contributed by atoms with Crippen LogP contribution in [0.5, 0.6) is 0 Å². The predicted molar refractivity (Wildman–Crippen MR) is 99.5 cm³/mol. The zero-order valence-corrected chi connectivity index (χ0v) is 15.6. The second-order valence-electron chi connectivity index (χ2n) is 6.42. The molecule has 0 spiro atoms. The molecule has 1 heterocycles. The third-order valence-corrected chi connectivity index (χ3v) is 5.66. The molecule has 2 aromatic rings. The van der Waals surface area contributed by atoms with Crippen molar-refractivity contribution in [3.63, 3.8) is 0 Å². The largest absolute Gasteiger partial charge is 0.448 e. The van der Waals surface area contributed by atoms with E-state index in [9.17, 15) is 14.4 Å². The summed E-state index contributed by atoms with van der Waals surface area (Å²) in [4.78, 5) is 36.8. The Morgan fingerprint density at radius 1 is 1.15 bits per heavy atom. The lowest BCUT2D eigenvalue weighted by Gasteiger charge is -2.27. The highest BCUT2D eigenvalue weighted by Crippen LogP contribution is 2.29. The Bertz CT molecular complexity index is 842. The van der Waals surface area contributed by atoms with Crippen LogP contribution in [0, 0.1) is 0 Å². The molecule has 1 aromatic heterocycles. The number of nitrogens with one attached hydrogen (secondary N) is 1. The summed E-state index contributed by atoms with van der Waals surface area (Å²) in [6.07, 6.45) is 2.00. The molecule has 5 nitrogen and oxygen atoms in total. The number of hydrogen-bond acceptors (Lipinski definition) is 5. The molecule has 0 aliphatic heterocycles. The maximum atomic E-state index is 12.5. The number of benzene rings is 1. The highest BCUT2D eigenvalue weighted by Gasteiger charge is 2.26. The quantitative estimate of drug-likeness (QED) is 0.643. The first kappa shape index (κ1) is 18.3. The number of rotatable bonds is 5. The molecular formula is C20H21NO4S. The lowest BCUT2D eigenvalue weighted by molar-refractivity contribution is -0.130. The number of ether oxygens (including phenoxy) is 1. The highest BCUT2D eigenvalue weighted by molar-refractivity contribution is 7.15. The monoisotopic (exact) mass is 371 g/mol. The van der Waals surface area contributed by atoms with Gasteiger partial charge >= 0.3 is 5.97 Å². The molecule has 1 aliphatic rings. The van der Waals surface area contributed by atoms with E-state index in [4.69, 9.17) is 4.74 Å². The molecule has 26 heavy (non-hydrogen) atoms. The zero-order chi connectivity index (χ0) is 18.7. The summed E-state index contributed by atoms with van der Waals surface area (Å²) in [6.45, 7) is 3.00. The molecule has 0 bridgehead atoms. The van der Waals surface area contributed by atoms with Gasteiger partial charge in [-0.25, -0.2) is 4.79 Å². The Labute approximate surface area is 156 Å². The number of ketones is 1. The first-order chi connectivity index (χ1) is 12.5. The molecule has 0 fully saturated rings. The van der Waals surface area contributed by atoms with Crippen LogP contribution in [0.1, 0.15) is 63.2 Å². The van der Waals surface area contributed by atoms with Crippen molar-refractivity contribution in [2.75, 3.05) is 0 Å². The second kappa shape index (κ2) is 7.83. The Kier molecular flexibility index (Phi) is 5.52. The van der Waals surface area contributed by atoms with Gasteiger partial charge < -0.3 is 10.1 Å². The molecule has 2 atom stereocenters. The van der Waals surface area contributed by atoms with Crippen LogP contribution in [0.2, 0.25) is 0 Å². The molecule has 3 rings (SSSR count). The topological polar surface area (TPSA) is 72.5 Å². The van der Waals surface area contributed by atoms with E-state index < -0.39 is 12.1 Å². The average Bonchev–Trinajstić information content (AvgIpc) is 3.12. The number of hydrogen-bond donors (Lipinski definition) is 1. The van der Waals surface area contributed by atoms with E-state index in [2.05, 4.69) is 11.4 Å². The first-order valence-corrected chi connectivity index (χ1v) is 9.47. The molecule has 1 amide bonds. The van der Waals surface area contributed by atoms with E-state index in [1.807, 2.05) is 18.2 Å². The van der Waals surface area contributed by atoms with Gasteiger partial charge in [-0.3, -0.25) is 9.59 Å². The van der Waals surface area contributed by atoms with Crippen LogP contribution in [-0.4, -0.2) is 23.8 Å². The highest BCUT2D eigenvalue weighted by atomic mass is 32.1. The summed E-state index contributed by atoms with van der Waals surface area (Å²) in [5.41, 5.74) is 2.39. The van der Waals surface area contributed by atoms with E-state index in [1.54, 1.807) is 19.1 Å². The van der Waals surface area contributed by atoms with Crippen molar-refractivity contribution in [2.24, 2.45) is 0 Å². The van der Waals surface area contributed by atoms with E-state index in [0.717, 1.165) is 36.2 Å². The minimum atomic E-state index is -0.903. The molecule has 136 valence electrons. The van der Waals surface area contributed by atoms with Crippen LogP contribution in [0.4, 0.5) is 0 Å². The normalized spacial score (nSPS) is 17.1. The zero-order valence-electron chi connectivity index (χ0n) is 14.8. The Balaban J connectivity index is 1.61. The number of Topliss-reactive ketones (excluding diaryl/α,β-unsaturated/α-hetero) is 1. The van der Waals surface area contributed by atoms with Crippen molar-refractivity contribution in [1.29, 1.82) is 0 Å². The van der Waals surface area contributed by atoms with Crippen LogP contribution < -0.4 is 5.32 Å². The van der Waals surface area contributed by atoms with Gasteiger partial charge in [-0.05, 0) is 56.4 Å². The Morgan fingerprint density at radius 2 is 1.88 bits per heavy atom. The van der Waals surface area contributed by atoms with Gasteiger partial charge in [-0.2, -0.15) is 0 Å². The van der Waals surface area contributed by atoms with Crippen LogP contribution in [0.15, 0.2) is 36.4 Å². The molecule has 1 aliphatic carbocycles. The summed E-state index contributed by atoms with van der Waals surface area (Å²) < 4.78 is 5.27. The Morgan fingerprint density at radius 3 is 2.62 bits per heavy atom. The summed E-state index contributed by atoms with van der Waals surface area (Å²) in [5.74, 6) is -1.01. The summed E-state index contributed by atoms with van der Waals surface area (Å²) in [6, 6.07) is 11.2. The lowest BCUT2D eigenvalue weighted by atomic mass is 9.87. The van der Waals surface area contributed by atoms with Gasteiger partial charge in [0, 0.05) is 0 Å². The maximum absolute atomic E-state index is 12.5. The number of carbonyl (C=O) groups excluding carboxylic acids is 3. The number of amides is 1. The van der Waals surface area contributed by atoms with Gasteiger partial charge in [0.05, 0.1) is 10.9 Å². The maximum Gasteiger partial charge on any atom is 0.349 e. The van der Waals surface area contributed by atoms with Gasteiger partial charge in [-0.15, -0.1) is 11.3 Å². The van der Waals surface area contributed by atoms with Crippen molar-refractivity contribution in [1.82, 2.24) is 5.32 Å². The predicted octanol–water partition coefficient (Wildman–Crippen LogP) is 3.69. The molecule has 0 saturated carbocycles. The fourth-order valence-corrected chi connectivity index (χ4v) is 3.89. The van der Waals surface area contributed by atoms with Crippen LogP contribution in [0.25, 0.3) is 0 Å². The van der Waals surface area contributed by atoms with Gasteiger partial charge in [0.25, 0.3) is 5.91 Å². The van der Waals surface area contributed by atoms with Gasteiger partial charge in [0.2, 0.25) is 0 Å². The van der Waals surface area contributed by atoms with E-state index in [0.29, 0.717) is 9.75 Å². The number of esters is 1. The number of carbonyl (C=O) groups is 3. The van der Waals surface area contributed by atoms with Crippen LogP contribution in [0.3, 0.4) is 0 Å². The third-order valence-electron chi connectivity index (χ3n) is 4.49. The van der Waals surface area contributed by atoms with E-state index in [1.165, 1.54) is 12.5 Å². The summed E-state index contributed by atoms with van der Waals surface area (Å²) in [5, 5.41) is 2.99. The fraction of sp³-hybridized carbons (Fsp3) is 0.350. The second-order valence-corrected chi connectivity index (χ2v) is 7.50. The first-order valence-electron chi connectivity index (χ1n) is 8.65. The number of aryl methyl sites for hydroxylation is 1. The van der Waals surface area contributed by atoms with Gasteiger partial charge in [-0.1, -0.05) is 24.3 Å². The third kappa shape index (κ3) is 4.02.